The number of nitrogens with zero attached hydrogens (tertiary/aromatic N) is 1. The zero-order valence-electron chi connectivity index (χ0n) is 12.9. The zero-order chi connectivity index (χ0) is 15.8. The van der Waals surface area contributed by atoms with E-state index in [1.165, 1.54) is 0 Å². The summed E-state index contributed by atoms with van der Waals surface area (Å²) in [6.07, 6.45) is 0. The summed E-state index contributed by atoms with van der Waals surface area (Å²) in [5.41, 5.74) is 1.60. The van der Waals surface area contributed by atoms with Crippen LogP contribution in [0.15, 0.2) is 48.5 Å². The molecule has 0 atom stereocenters. The number of carboxylic acids is 1. The fourth-order valence-corrected chi connectivity index (χ4v) is 1.97. The summed E-state index contributed by atoms with van der Waals surface area (Å²) in [6, 6.07) is 14.8. The highest BCUT2D eigenvalue weighted by Crippen LogP contribution is 2.22. The third-order valence-electron chi connectivity index (χ3n) is 2.78. The fourth-order valence-electron chi connectivity index (χ4n) is 1.97. The number of carbonyl (C=O) groups is 1. The third kappa shape index (κ3) is 3.57. The van der Waals surface area contributed by atoms with Crippen molar-refractivity contribution in [2.75, 3.05) is 0 Å². The molecular formula is C18H21NO2. The molecule has 110 valence electrons. The first-order valence-electron chi connectivity index (χ1n) is 7.27. The number of fused-ring (bicyclic) bond motifs is 2. The number of aromatic nitrogens is 1. The van der Waals surface area contributed by atoms with Crippen molar-refractivity contribution in [1.29, 1.82) is 0 Å². The lowest BCUT2D eigenvalue weighted by Crippen LogP contribution is -1.98. The minimum atomic E-state index is -0.946. The summed E-state index contributed by atoms with van der Waals surface area (Å²) in [7, 11) is 0. The lowest BCUT2D eigenvalue weighted by molar-refractivity contribution is 0.0699. The van der Waals surface area contributed by atoms with E-state index >= 15 is 0 Å². The Balaban J connectivity index is 0.000000510. The molecule has 0 fully saturated rings. The first kappa shape index (κ1) is 16.6. The fraction of sp³-hybridized carbons (Fsp3) is 0.222. The van der Waals surface area contributed by atoms with Gasteiger partial charge in [0.1, 0.15) is 0 Å². The number of hydrogen-bond donors (Lipinski definition) is 1. The second kappa shape index (κ2) is 8.00. The molecule has 0 spiro atoms. The van der Waals surface area contributed by atoms with Gasteiger partial charge < -0.3 is 5.11 Å². The molecule has 21 heavy (non-hydrogen) atoms. The van der Waals surface area contributed by atoms with E-state index < -0.39 is 5.97 Å². The molecule has 1 heterocycles. The maximum absolute atomic E-state index is 11.1. The van der Waals surface area contributed by atoms with Gasteiger partial charge in [-0.1, -0.05) is 58.0 Å². The maximum atomic E-state index is 11.1. The summed E-state index contributed by atoms with van der Waals surface area (Å²) in [5.74, 6) is -0.946. The van der Waals surface area contributed by atoms with E-state index in [9.17, 15) is 4.79 Å². The quantitative estimate of drug-likeness (QED) is 0.629. The SMILES string of the molecule is CC.CC.O=C(O)c1cccc2cc3ccccc3nc12. The largest absolute Gasteiger partial charge is 0.478 e. The number of para-hydroxylation sites is 2. The van der Waals surface area contributed by atoms with Crippen molar-refractivity contribution in [3.05, 3.63) is 54.1 Å². The van der Waals surface area contributed by atoms with Crippen LogP contribution in [-0.4, -0.2) is 16.1 Å². The Kier molecular flexibility index (Phi) is 6.34. The van der Waals surface area contributed by atoms with Gasteiger partial charge in [-0.05, 0) is 18.2 Å². The van der Waals surface area contributed by atoms with Crippen molar-refractivity contribution in [2.24, 2.45) is 0 Å². The van der Waals surface area contributed by atoms with Gasteiger partial charge in [-0.15, -0.1) is 0 Å². The highest BCUT2D eigenvalue weighted by Gasteiger charge is 2.09. The van der Waals surface area contributed by atoms with Crippen LogP contribution in [0.4, 0.5) is 0 Å². The average Bonchev–Trinajstić information content (AvgIpc) is 2.56. The summed E-state index contributed by atoms with van der Waals surface area (Å²) in [4.78, 5) is 15.5. The molecule has 0 aliphatic heterocycles. The van der Waals surface area contributed by atoms with Crippen LogP contribution in [0.25, 0.3) is 21.8 Å². The highest BCUT2D eigenvalue weighted by molar-refractivity contribution is 6.04. The summed E-state index contributed by atoms with van der Waals surface area (Å²) >= 11 is 0. The monoisotopic (exact) mass is 283 g/mol. The van der Waals surface area contributed by atoms with E-state index in [0.29, 0.717) is 5.52 Å². The highest BCUT2D eigenvalue weighted by atomic mass is 16.4. The zero-order valence-corrected chi connectivity index (χ0v) is 12.9. The molecule has 1 N–H and O–H groups in total. The smallest absolute Gasteiger partial charge is 0.337 e. The summed E-state index contributed by atoms with van der Waals surface area (Å²) < 4.78 is 0. The standard InChI is InChI=1S/C14H9NO2.2C2H6/c16-14(17)11-6-3-5-10-8-9-4-1-2-7-12(9)15-13(10)11;2*1-2/h1-8H,(H,16,17);2*1-2H3. The van der Waals surface area contributed by atoms with Gasteiger partial charge >= 0.3 is 5.97 Å². The van der Waals surface area contributed by atoms with E-state index in [-0.39, 0.29) is 5.56 Å². The Labute approximate surface area is 125 Å². The van der Waals surface area contributed by atoms with Crippen molar-refractivity contribution in [1.82, 2.24) is 4.98 Å². The van der Waals surface area contributed by atoms with Crippen LogP contribution >= 0.6 is 0 Å². The van der Waals surface area contributed by atoms with Crippen LogP contribution in [0.3, 0.4) is 0 Å². The van der Waals surface area contributed by atoms with E-state index in [1.807, 2.05) is 64.1 Å². The van der Waals surface area contributed by atoms with E-state index in [4.69, 9.17) is 5.11 Å². The van der Waals surface area contributed by atoms with Gasteiger partial charge in [0.05, 0.1) is 16.6 Å². The number of hydrogen-bond acceptors (Lipinski definition) is 2. The number of aromatic carboxylic acids is 1. The topological polar surface area (TPSA) is 50.2 Å². The van der Waals surface area contributed by atoms with E-state index in [2.05, 4.69) is 4.98 Å². The van der Waals surface area contributed by atoms with Crippen LogP contribution in [0.1, 0.15) is 38.1 Å². The first-order chi connectivity index (χ1) is 10.3. The predicted octanol–water partition coefficient (Wildman–Crippen LogP) is 5.14. The van der Waals surface area contributed by atoms with Gasteiger partial charge in [-0.2, -0.15) is 0 Å². The van der Waals surface area contributed by atoms with Gasteiger partial charge in [-0.25, -0.2) is 9.78 Å². The molecule has 0 radical (unpaired) electrons. The summed E-state index contributed by atoms with van der Waals surface area (Å²) in [6.45, 7) is 8.00. The molecule has 3 rings (SSSR count). The lowest BCUT2D eigenvalue weighted by atomic mass is 10.1. The van der Waals surface area contributed by atoms with E-state index in [0.717, 1.165) is 16.3 Å². The predicted molar refractivity (Wildman–Crippen MR) is 88.9 cm³/mol. The van der Waals surface area contributed by atoms with Crippen molar-refractivity contribution in [3.8, 4) is 0 Å². The normalized spacial score (nSPS) is 9.33. The Morgan fingerprint density at radius 1 is 0.905 bits per heavy atom. The molecule has 0 unspecified atom stereocenters. The van der Waals surface area contributed by atoms with Crippen LogP contribution in [0.2, 0.25) is 0 Å². The van der Waals surface area contributed by atoms with Gasteiger partial charge in [0.15, 0.2) is 0 Å². The number of carboxylic acid groups (broad SMARTS) is 1. The molecule has 3 nitrogen and oxygen atoms in total. The van der Waals surface area contributed by atoms with Crippen LogP contribution in [0.5, 0.6) is 0 Å². The third-order valence-corrected chi connectivity index (χ3v) is 2.78. The van der Waals surface area contributed by atoms with Crippen molar-refractivity contribution < 1.29 is 9.90 Å². The summed E-state index contributed by atoms with van der Waals surface area (Å²) in [5, 5.41) is 11.0. The maximum Gasteiger partial charge on any atom is 0.337 e. The van der Waals surface area contributed by atoms with Gasteiger partial charge in [0.2, 0.25) is 0 Å². The van der Waals surface area contributed by atoms with Crippen molar-refractivity contribution >= 4 is 27.8 Å². The molecule has 0 aliphatic carbocycles. The Morgan fingerprint density at radius 3 is 2.19 bits per heavy atom. The Morgan fingerprint density at radius 2 is 1.52 bits per heavy atom. The molecule has 3 heteroatoms. The van der Waals surface area contributed by atoms with Gasteiger partial charge in [0, 0.05) is 10.8 Å². The molecule has 0 amide bonds. The minimum Gasteiger partial charge on any atom is -0.478 e. The van der Waals surface area contributed by atoms with E-state index in [1.54, 1.807) is 12.1 Å². The van der Waals surface area contributed by atoms with Crippen LogP contribution in [0, 0.1) is 0 Å². The molecule has 0 aliphatic rings. The molecule has 0 saturated carbocycles. The molecule has 2 aromatic carbocycles. The van der Waals surface area contributed by atoms with Gasteiger partial charge in [0.25, 0.3) is 0 Å². The molecule has 0 saturated heterocycles. The van der Waals surface area contributed by atoms with Crippen LogP contribution in [-0.2, 0) is 0 Å². The molecule has 1 aromatic heterocycles. The Hall–Kier alpha value is -2.42. The first-order valence-corrected chi connectivity index (χ1v) is 7.27. The number of pyridine rings is 1. The van der Waals surface area contributed by atoms with Crippen LogP contribution < -0.4 is 0 Å². The second-order valence-electron chi connectivity index (χ2n) is 3.86. The second-order valence-corrected chi connectivity index (χ2v) is 3.86. The van der Waals surface area contributed by atoms with Crippen molar-refractivity contribution in [2.45, 2.75) is 27.7 Å². The average molecular weight is 283 g/mol. The molecular weight excluding hydrogens is 262 g/mol. The number of rotatable bonds is 1. The minimum absolute atomic E-state index is 0.244. The Bertz CT molecular complexity index is 735. The lowest BCUT2D eigenvalue weighted by Gasteiger charge is -2.03. The molecule has 0 bridgehead atoms. The molecule has 3 aromatic rings. The van der Waals surface area contributed by atoms with Gasteiger partial charge in [-0.3, -0.25) is 0 Å². The number of benzene rings is 2. The van der Waals surface area contributed by atoms with Crippen molar-refractivity contribution in [3.63, 3.8) is 0 Å².